The molecule has 0 aliphatic carbocycles. The molecule has 0 aromatic carbocycles. The van der Waals surface area contributed by atoms with Gasteiger partial charge in [-0.3, -0.25) is 0 Å². The van der Waals surface area contributed by atoms with Crippen molar-refractivity contribution >= 4 is 0 Å². The highest BCUT2D eigenvalue weighted by Gasteiger charge is 2.03. The third-order valence-electron chi connectivity index (χ3n) is 1.66. The van der Waals surface area contributed by atoms with Crippen LogP contribution in [0.25, 0.3) is 0 Å². The Labute approximate surface area is 100 Å². The Morgan fingerprint density at radius 3 is 1.07 bits per heavy atom. The predicted molar refractivity (Wildman–Crippen MR) is 77.5 cm³/mol. The van der Waals surface area contributed by atoms with Gasteiger partial charge < -0.3 is 0 Å². The van der Waals surface area contributed by atoms with E-state index in [1.165, 1.54) is 12.0 Å². The van der Waals surface area contributed by atoms with Crippen LogP contribution in [0.2, 0.25) is 0 Å². The standard InChI is InChI=1S/C6H14.C5H10.2C2H6/c1-5-6(2,3)4;1-4-5(2)3;2*1-2/h5H2,1-4H3;2,4H2,1,3H3;2*1-2H3. The lowest BCUT2D eigenvalue weighted by Gasteiger charge is -2.12. The first-order valence-electron chi connectivity index (χ1n) is 6.47. The van der Waals surface area contributed by atoms with E-state index in [-0.39, 0.29) is 0 Å². The summed E-state index contributed by atoms with van der Waals surface area (Å²) in [6.07, 6.45) is 2.38. The summed E-state index contributed by atoms with van der Waals surface area (Å²) in [4.78, 5) is 0. The van der Waals surface area contributed by atoms with Crippen LogP contribution in [0.1, 0.15) is 82.1 Å². The molecule has 0 heterocycles. The molecule has 15 heavy (non-hydrogen) atoms. The first-order valence-corrected chi connectivity index (χ1v) is 6.47. The van der Waals surface area contributed by atoms with Gasteiger partial charge in [-0.15, -0.1) is 6.58 Å². The largest absolute Gasteiger partial charge is 0.100 e. The van der Waals surface area contributed by atoms with E-state index in [1.54, 1.807) is 0 Å². The molecule has 0 aliphatic rings. The average molecular weight is 216 g/mol. The highest BCUT2D eigenvalue weighted by atomic mass is 14.1. The van der Waals surface area contributed by atoms with Crippen molar-refractivity contribution in [2.24, 2.45) is 5.41 Å². The van der Waals surface area contributed by atoms with Crippen LogP contribution in [0.4, 0.5) is 0 Å². The van der Waals surface area contributed by atoms with E-state index < -0.39 is 0 Å². The lowest BCUT2D eigenvalue weighted by atomic mass is 9.94. The van der Waals surface area contributed by atoms with E-state index in [4.69, 9.17) is 0 Å². The molecule has 0 aromatic heterocycles. The van der Waals surface area contributed by atoms with Crippen molar-refractivity contribution in [1.82, 2.24) is 0 Å². The van der Waals surface area contributed by atoms with Crippen LogP contribution < -0.4 is 0 Å². The Balaban J connectivity index is -0.0000000610. The maximum absolute atomic E-state index is 3.67. The molecule has 0 unspecified atom stereocenters. The third kappa shape index (κ3) is 84.3. The van der Waals surface area contributed by atoms with Crippen molar-refractivity contribution in [2.75, 3.05) is 0 Å². The Hall–Kier alpha value is -0.260. The van der Waals surface area contributed by atoms with Crippen LogP contribution in [0.5, 0.6) is 0 Å². The smallest absolute Gasteiger partial charge is 0.0354 e. The minimum atomic E-state index is 0.542. The van der Waals surface area contributed by atoms with Crippen molar-refractivity contribution in [2.45, 2.75) is 82.1 Å². The number of rotatable bonds is 1. The Morgan fingerprint density at radius 2 is 1.07 bits per heavy atom. The molecule has 0 nitrogen and oxygen atoms in total. The molecule has 0 saturated carbocycles. The van der Waals surface area contributed by atoms with Crippen LogP contribution >= 0.6 is 0 Å². The molecule has 0 aromatic rings. The van der Waals surface area contributed by atoms with Crippen molar-refractivity contribution in [3.8, 4) is 0 Å². The van der Waals surface area contributed by atoms with Crippen LogP contribution in [0, 0.1) is 5.41 Å². The fourth-order valence-corrected chi connectivity index (χ4v) is 0. The van der Waals surface area contributed by atoms with E-state index in [1.807, 2.05) is 34.6 Å². The van der Waals surface area contributed by atoms with E-state index in [0.29, 0.717) is 5.41 Å². The lowest BCUT2D eigenvalue weighted by Crippen LogP contribution is -2.00. The summed E-state index contributed by atoms with van der Waals surface area (Å²) < 4.78 is 0. The van der Waals surface area contributed by atoms with Gasteiger partial charge in [0, 0.05) is 0 Å². The average Bonchev–Trinajstić information content (AvgIpc) is 2.23. The molecule has 0 amide bonds. The summed E-state index contributed by atoms with van der Waals surface area (Å²) >= 11 is 0. The number of hydrogen-bond acceptors (Lipinski definition) is 0. The maximum Gasteiger partial charge on any atom is -0.0354 e. The van der Waals surface area contributed by atoms with Crippen molar-refractivity contribution in [1.29, 1.82) is 0 Å². The molecule has 0 saturated heterocycles. The summed E-state index contributed by atoms with van der Waals surface area (Å²) in [5.41, 5.74) is 1.80. The van der Waals surface area contributed by atoms with E-state index in [9.17, 15) is 0 Å². The molecule has 0 rings (SSSR count). The molecular formula is C15H36. The first-order chi connectivity index (χ1) is 6.83. The van der Waals surface area contributed by atoms with Crippen molar-refractivity contribution in [3.63, 3.8) is 0 Å². The predicted octanol–water partition coefficient (Wildman–Crippen LogP) is 6.47. The van der Waals surface area contributed by atoms with Crippen LogP contribution in [-0.2, 0) is 0 Å². The second kappa shape index (κ2) is 19.3. The SMILES string of the molecule is C=C(C)CC.CC.CC.CCC(C)(C)C. The van der Waals surface area contributed by atoms with E-state index in [2.05, 4.69) is 41.2 Å². The minimum Gasteiger partial charge on any atom is -0.100 e. The molecule has 0 spiro atoms. The van der Waals surface area contributed by atoms with Gasteiger partial charge in [0.1, 0.15) is 0 Å². The second-order valence-corrected chi connectivity index (χ2v) is 4.22. The monoisotopic (exact) mass is 216 g/mol. The molecular weight excluding hydrogens is 180 g/mol. The fourth-order valence-electron chi connectivity index (χ4n) is 0. The van der Waals surface area contributed by atoms with Gasteiger partial charge in [0.15, 0.2) is 0 Å². The van der Waals surface area contributed by atoms with E-state index in [0.717, 1.165) is 6.42 Å². The van der Waals surface area contributed by atoms with Crippen LogP contribution in [0.3, 0.4) is 0 Å². The topological polar surface area (TPSA) is 0 Å². The Kier molecular flexibility index (Phi) is 31.1. The minimum absolute atomic E-state index is 0.542. The Morgan fingerprint density at radius 1 is 0.933 bits per heavy atom. The van der Waals surface area contributed by atoms with Crippen LogP contribution in [-0.4, -0.2) is 0 Å². The molecule has 0 atom stereocenters. The van der Waals surface area contributed by atoms with Gasteiger partial charge in [0.05, 0.1) is 0 Å². The number of hydrogen-bond donors (Lipinski definition) is 0. The Bertz CT molecular complexity index is 93.1. The van der Waals surface area contributed by atoms with Gasteiger partial charge in [-0.2, -0.15) is 0 Å². The van der Waals surface area contributed by atoms with Crippen molar-refractivity contribution in [3.05, 3.63) is 12.2 Å². The highest BCUT2D eigenvalue weighted by molar-refractivity contribution is 4.84. The molecule has 0 radical (unpaired) electrons. The van der Waals surface area contributed by atoms with Crippen LogP contribution in [0.15, 0.2) is 12.2 Å². The molecule has 0 heteroatoms. The quantitative estimate of drug-likeness (QED) is 0.441. The summed E-state index contributed by atoms with van der Waals surface area (Å²) in [5, 5.41) is 0. The second-order valence-electron chi connectivity index (χ2n) is 4.22. The van der Waals surface area contributed by atoms with Gasteiger partial charge >= 0.3 is 0 Å². The molecule has 0 bridgehead atoms. The van der Waals surface area contributed by atoms with Gasteiger partial charge in [-0.25, -0.2) is 0 Å². The van der Waals surface area contributed by atoms with Gasteiger partial charge in [0.2, 0.25) is 0 Å². The van der Waals surface area contributed by atoms with E-state index >= 15 is 0 Å². The summed E-state index contributed by atoms with van der Waals surface area (Å²) in [6.45, 7) is 24.7. The first kappa shape index (κ1) is 24.1. The molecule has 0 aliphatic heterocycles. The molecule has 96 valence electrons. The van der Waals surface area contributed by atoms with Gasteiger partial charge in [-0.05, 0) is 18.8 Å². The number of allylic oxidation sites excluding steroid dienone is 1. The third-order valence-corrected chi connectivity index (χ3v) is 1.66. The zero-order valence-corrected chi connectivity index (χ0v) is 13.1. The normalized spacial score (nSPS) is 8.13. The lowest BCUT2D eigenvalue weighted by molar-refractivity contribution is 0.398. The van der Waals surface area contributed by atoms with Gasteiger partial charge in [0.25, 0.3) is 0 Å². The van der Waals surface area contributed by atoms with Gasteiger partial charge in [-0.1, -0.05) is 74.3 Å². The zero-order chi connectivity index (χ0) is 13.5. The highest BCUT2D eigenvalue weighted by Crippen LogP contribution is 2.16. The summed E-state index contributed by atoms with van der Waals surface area (Å²) in [5.74, 6) is 0. The molecule has 0 fully saturated rings. The van der Waals surface area contributed by atoms with Crippen molar-refractivity contribution < 1.29 is 0 Å². The summed E-state index contributed by atoms with van der Waals surface area (Å²) in [7, 11) is 0. The molecule has 0 N–H and O–H groups in total. The zero-order valence-electron chi connectivity index (χ0n) is 13.1. The maximum atomic E-state index is 3.67. The summed E-state index contributed by atoms with van der Waals surface area (Å²) in [6, 6.07) is 0. The fraction of sp³-hybridized carbons (Fsp3) is 0.867.